The standard InChI is InChI=1S/C27H22ClFN2O5/c28-19-5-3-4-18(13-19)17-10-8-16(9-11-17)12-20(14-24(32)27(34)35)30-26(33)25-15-23(31-36-25)21-6-1-2-7-22(21)29/h1-11,13,15,20,24,32H,12,14H2,(H,30,33)(H,34,35)/t20-,24?/m1/s1. The average molecular weight is 509 g/mol. The molecule has 36 heavy (non-hydrogen) atoms. The van der Waals surface area contributed by atoms with Crippen LogP contribution in [0.5, 0.6) is 0 Å². The van der Waals surface area contributed by atoms with Gasteiger partial charge in [0.1, 0.15) is 11.5 Å². The van der Waals surface area contributed by atoms with Gasteiger partial charge in [0.05, 0.1) is 0 Å². The van der Waals surface area contributed by atoms with Crippen LogP contribution < -0.4 is 5.32 Å². The molecule has 0 saturated heterocycles. The van der Waals surface area contributed by atoms with Gasteiger partial charge in [0.25, 0.3) is 5.91 Å². The van der Waals surface area contributed by atoms with Gasteiger partial charge in [-0.2, -0.15) is 0 Å². The van der Waals surface area contributed by atoms with Gasteiger partial charge in [-0.15, -0.1) is 0 Å². The molecule has 0 bridgehead atoms. The van der Waals surface area contributed by atoms with Gasteiger partial charge in [-0.3, -0.25) is 4.79 Å². The Balaban J connectivity index is 1.50. The molecule has 7 nitrogen and oxygen atoms in total. The molecule has 0 radical (unpaired) electrons. The second kappa shape index (κ2) is 11.2. The van der Waals surface area contributed by atoms with E-state index in [1.807, 2.05) is 42.5 Å². The van der Waals surface area contributed by atoms with Crippen molar-refractivity contribution < 1.29 is 28.7 Å². The molecule has 0 fully saturated rings. The normalized spacial score (nSPS) is 12.6. The topological polar surface area (TPSA) is 113 Å². The highest BCUT2D eigenvalue weighted by molar-refractivity contribution is 6.30. The van der Waals surface area contributed by atoms with Crippen LogP contribution in [0, 0.1) is 5.82 Å². The van der Waals surface area contributed by atoms with Gasteiger partial charge < -0.3 is 20.1 Å². The van der Waals surface area contributed by atoms with E-state index in [2.05, 4.69) is 10.5 Å². The first kappa shape index (κ1) is 25.1. The highest BCUT2D eigenvalue weighted by atomic mass is 35.5. The molecular weight excluding hydrogens is 487 g/mol. The maximum atomic E-state index is 14.0. The number of aromatic nitrogens is 1. The van der Waals surface area contributed by atoms with Crippen molar-refractivity contribution in [3.05, 3.63) is 101 Å². The van der Waals surface area contributed by atoms with Crippen LogP contribution in [-0.4, -0.2) is 39.4 Å². The third-order valence-electron chi connectivity index (χ3n) is 5.61. The van der Waals surface area contributed by atoms with Crippen LogP contribution >= 0.6 is 11.6 Å². The second-order valence-electron chi connectivity index (χ2n) is 8.23. The van der Waals surface area contributed by atoms with E-state index in [9.17, 15) is 19.1 Å². The Morgan fingerprint density at radius 3 is 2.44 bits per heavy atom. The molecule has 4 aromatic rings. The van der Waals surface area contributed by atoms with E-state index < -0.39 is 29.8 Å². The number of halogens is 2. The minimum absolute atomic E-state index is 0.150. The number of nitrogens with zero attached hydrogens (tertiary/aromatic N) is 1. The van der Waals surface area contributed by atoms with Gasteiger partial charge in [-0.05, 0) is 47.4 Å². The Morgan fingerprint density at radius 2 is 1.75 bits per heavy atom. The van der Waals surface area contributed by atoms with Crippen molar-refractivity contribution in [1.29, 1.82) is 0 Å². The first-order chi connectivity index (χ1) is 17.3. The van der Waals surface area contributed by atoms with Crippen LogP contribution in [-0.2, 0) is 11.2 Å². The van der Waals surface area contributed by atoms with E-state index in [0.717, 1.165) is 16.7 Å². The summed E-state index contributed by atoms with van der Waals surface area (Å²) in [4.78, 5) is 24.0. The summed E-state index contributed by atoms with van der Waals surface area (Å²) >= 11 is 6.07. The lowest BCUT2D eigenvalue weighted by atomic mass is 9.97. The molecule has 0 saturated carbocycles. The van der Waals surface area contributed by atoms with Crippen LogP contribution in [0.2, 0.25) is 5.02 Å². The van der Waals surface area contributed by atoms with Crippen LogP contribution in [0.3, 0.4) is 0 Å². The van der Waals surface area contributed by atoms with Gasteiger partial charge in [-0.1, -0.05) is 65.3 Å². The summed E-state index contributed by atoms with van der Waals surface area (Å²) in [5.41, 5.74) is 3.02. The van der Waals surface area contributed by atoms with Crippen molar-refractivity contribution in [1.82, 2.24) is 10.5 Å². The summed E-state index contributed by atoms with van der Waals surface area (Å²) < 4.78 is 19.1. The SMILES string of the molecule is O=C(N[C@H](Cc1ccc(-c2cccc(Cl)c2)cc1)CC(O)C(=O)O)c1cc(-c2ccccc2F)no1. The van der Waals surface area contributed by atoms with Crippen molar-refractivity contribution in [3.63, 3.8) is 0 Å². The van der Waals surface area contributed by atoms with Crippen LogP contribution in [0.1, 0.15) is 22.5 Å². The molecule has 0 aliphatic heterocycles. The van der Waals surface area contributed by atoms with Crippen molar-refractivity contribution in [2.45, 2.75) is 25.0 Å². The fourth-order valence-corrected chi connectivity index (χ4v) is 3.97. The van der Waals surface area contributed by atoms with E-state index in [-0.39, 0.29) is 29.9 Å². The summed E-state index contributed by atoms with van der Waals surface area (Å²) in [5, 5.41) is 26.1. The fraction of sp³-hybridized carbons (Fsp3) is 0.148. The van der Waals surface area contributed by atoms with Crippen molar-refractivity contribution in [3.8, 4) is 22.4 Å². The molecule has 0 aliphatic rings. The maximum absolute atomic E-state index is 14.0. The molecule has 1 aromatic heterocycles. The number of aliphatic hydroxyl groups excluding tert-OH is 1. The Morgan fingerprint density at radius 1 is 1.00 bits per heavy atom. The molecule has 4 rings (SSSR count). The van der Waals surface area contributed by atoms with Crippen molar-refractivity contribution in [2.75, 3.05) is 0 Å². The second-order valence-corrected chi connectivity index (χ2v) is 8.66. The summed E-state index contributed by atoms with van der Waals surface area (Å²) in [6.45, 7) is 0. The lowest BCUT2D eigenvalue weighted by Gasteiger charge is -2.20. The summed E-state index contributed by atoms with van der Waals surface area (Å²) in [6, 6.07) is 21.4. The summed E-state index contributed by atoms with van der Waals surface area (Å²) in [7, 11) is 0. The number of aliphatic carboxylic acids is 1. The van der Waals surface area contributed by atoms with Gasteiger partial charge in [0.2, 0.25) is 5.76 Å². The minimum atomic E-state index is -1.68. The van der Waals surface area contributed by atoms with Crippen LogP contribution in [0.25, 0.3) is 22.4 Å². The number of carboxylic acids is 1. The molecular formula is C27H22ClFN2O5. The number of hydrogen-bond donors (Lipinski definition) is 3. The van der Waals surface area contributed by atoms with Crippen molar-refractivity contribution in [2.24, 2.45) is 0 Å². The molecule has 3 N–H and O–H groups in total. The third kappa shape index (κ3) is 6.16. The summed E-state index contributed by atoms with van der Waals surface area (Å²) in [6.07, 6.45) is -1.66. The molecule has 1 unspecified atom stereocenters. The van der Waals surface area contributed by atoms with Crippen molar-refractivity contribution >= 4 is 23.5 Å². The Bertz CT molecular complexity index is 1370. The number of benzene rings is 3. The molecule has 0 spiro atoms. The predicted octanol–water partition coefficient (Wildman–Crippen LogP) is 4.98. The molecule has 1 amide bonds. The minimum Gasteiger partial charge on any atom is -0.479 e. The van der Waals surface area contributed by atoms with E-state index in [4.69, 9.17) is 21.2 Å². The lowest BCUT2D eigenvalue weighted by molar-refractivity contribution is -0.147. The maximum Gasteiger partial charge on any atom is 0.332 e. The zero-order valence-electron chi connectivity index (χ0n) is 18.9. The number of hydrogen-bond acceptors (Lipinski definition) is 5. The molecule has 2 atom stereocenters. The van der Waals surface area contributed by atoms with E-state index in [0.29, 0.717) is 5.02 Å². The molecule has 1 heterocycles. The molecule has 184 valence electrons. The van der Waals surface area contributed by atoms with Crippen LogP contribution in [0.4, 0.5) is 4.39 Å². The zero-order chi connectivity index (χ0) is 25.7. The quantitative estimate of drug-likeness (QED) is 0.294. The summed E-state index contributed by atoms with van der Waals surface area (Å²) in [5.74, 6) is -2.74. The highest BCUT2D eigenvalue weighted by Gasteiger charge is 2.24. The van der Waals surface area contributed by atoms with Gasteiger partial charge in [0.15, 0.2) is 6.10 Å². The zero-order valence-corrected chi connectivity index (χ0v) is 19.7. The van der Waals surface area contributed by atoms with Crippen LogP contribution in [0.15, 0.2) is 83.4 Å². The highest BCUT2D eigenvalue weighted by Crippen LogP contribution is 2.24. The Labute approximate surface area is 211 Å². The fourth-order valence-electron chi connectivity index (χ4n) is 3.78. The van der Waals surface area contributed by atoms with Gasteiger partial charge >= 0.3 is 5.97 Å². The Hall–Kier alpha value is -4.01. The Kier molecular flexibility index (Phi) is 7.77. The number of carbonyl (C=O) groups is 2. The third-order valence-corrected chi connectivity index (χ3v) is 5.84. The first-order valence-electron chi connectivity index (χ1n) is 11.1. The van der Waals surface area contributed by atoms with Gasteiger partial charge in [0, 0.05) is 29.1 Å². The number of carbonyl (C=O) groups excluding carboxylic acids is 1. The number of carboxylic acid groups (broad SMARTS) is 1. The number of amides is 1. The van der Waals surface area contributed by atoms with E-state index >= 15 is 0 Å². The monoisotopic (exact) mass is 508 g/mol. The number of aliphatic hydroxyl groups is 1. The van der Waals surface area contributed by atoms with E-state index in [1.54, 1.807) is 12.1 Å². The lowest BCUT2D eigenvalue weighted by Crippen LogP contribution is -2.40. The number of rotatable bonds is 9. The first-order valence-corrected chi connectivity index (χ1v) is 11.5. The van der Waals surface area contributed by atoms with Gasteiger partial charge in [-0.25, -0.2) is 9.18 Å². The number of nitrogens with one attached hydrogen (secondary N) is 1. The smallest absolute Gasteiger partial charge is 0.332 e. The molecule has 9 heteroatoms. The van der Waals surface area contributed by atoms with E-state index in [1.165, 1.54) is 24.3 Å². The average Bonchev–Trinajstić information content (AvgIpc) is 3.35. The molecule has 0 aliphatic carbocycles. The largest absolute Gasteiger partial charge is 0.479 e. The predicted molar refractivity (Wildman–Crippen MR) is 132 cm³/mol. The molecule has 3 aromatic carbocycles.